The monoisotopic (exact) mass is 265 g/mol. The van der Waals surface area contributed by atoms with E-state index in [4.69, 9.17) is 22.1 Å². The lowest BCUT2D eigenvalue weighted by atomic mass is 10.2. The molecule has 0 aliphatic rings. The van der Waals surface area contributed by atoms with E-state index in [0.29, 0.717) is 23.9 Å². The number of imidazole rings is 1. The number of rotatable bonds is 5. The van der Waals surface area contributed by atoms with Crippen molar-refractivity contribution in [1.29, 1.82) is 0 Å². The fraction of sp³-hybridized carbons (Fsp3) is 0.308. The van der Waals surface area contributed by atoms with Crippen LogP contribution in [-0.2, 0) is 13.1 Å². The highest BCUT2D eigenvalue weighted by molar-refractivity contribution is 6.32. The highest BCUT2D eigenvalue weighted by Crippen LogP contribution is 2.28. The molecule has 4 nitrogen and oxygen atoms in total. The first-order chi connectivity index (χ1) is 8.72. The summed E-state index contributed by atoms with van der Waals surface area (Å²) in [5.74, 6) is 1.65. The largest absolute Gasteiger partial charge is 0.490 e. The third-order valence-electron chi connectivity index (χ3n) is 2.77. The fourth-order valence-electron chi connectivity index (χ4n) is 1.76. The minimum absolute atomic E-state index is 0.417. The molecule has 2 rings (SSSR count). The van der Waals surface area contributed by atoms with Crippen molar-refractivity contribution < 1.29 is 4.74 Å². The van der Waals surface area contributed by atoms with E-state index in [9.17, 15) is 0 Å². The Hall–Kier alpha value is -1.52. The number of hydrogen-bond acceptors (Lipinski definition) is 3. The van der Waals surface area contributed by atoms with Crippen LogP contribution in [0.15, 0.2) is 30.6 Å². The van der Waals surface area contributed by atoms with Crippen LogP contribution in [-0.4, -0.2) is 16.2 Å². The molecule has 2 N–H and O–H groups in total. The van der Waals surface area contributed by atoms with Crippen LogP contribution in [0.2, 0.25) is 5.02 Å². The van der Waals surface area contributed by atoms with Crippen molar-refractivity contribution in [2.75, 3.05) is 6.61 Å². The molecule has 96 valence electrons. The summed E-state index contributed by atoms with van der Waals surface area (Å²) in [6.45, 7) is 3.65. The van der Waals surface area contributed by atoms with Gasteiger partial charge in [0.15, 0.2) is 0 Å². The van der Waals surface area contributed by atoms with E-state index in [-0.39, 0.29) is 0 Å². The van der Waals surface area contributed by atoms with Gasteiger partial charge in [-0.15, -0.1) is 0 Å². The summed E-state index contributed by atoms with van der Waals surface area (Å²) >= 11 is 6.10. The number of aryl methyl sites for hydroxylation is 1. The van der Waals surface area contributed by atoms with Crippen LogP contribution >= 0.6 is 11.6 Å². The molecule has 0 saturated carbocycles. The number of para-hydroxylation sites is 1. The Labute approximate surface area is 111 Å². The normalized spacial score (nSPS) is 10.6. The Kier molecular flexibility index (Phi) is 4.23. The molecule has 0 amide bonds. The maximum atomic E-state index is 6.10. The number of aromatic nitrogens is 2. The molecular formula is C13H16ClN3O. The van der Waals surface area contributed by atoms with Gasteiger partial charge in [-0.2, -0.15) is 0 Å². The minimum Gasteiger partial charge on any atom is -0.490 e. The van der Waals surface area contributed by atoms with Crippen molar-refractivity contribution in [1.82, 2.24) is 9.55 Å². The standard InChI is InChI=1S/C13H16ClN3O/c1-10-16-5-6-17(10)7-8-18-13-11(9-15)3-2-4-12(13)14/h2-6H,7-9,15H2,1H3. The van der Waals surface area contributed by atoms with E-state index in [1.54, 1.807) is 12.3 Å². The molecule has 0 aliphatic heterocycles. The van der Waals surface area contributed by atoms with E-state index < -0.39 is 0 Å². The number of ether oxygens (including phenoxy) is 1. The van der Waals surface area contributed by atoms with Crippen molar-refractivity contribution in [3.63, 3.8) is 0 Å². The highest BCUT2D eigenvalue weighted by Gasteiger charge is 2.07. The molecule has 2 aromatic rings. The predicted octanol–water partition coefficient (Wildman–Crippen LogP) is 2.38. The fourth-order valence-corrected chi connectivity index (χ4v) is 2.01. The topological polar surface area (TPSA) is 53.1 Å². The molecule has 0 radical (unpaired) electrons. The first-order valence-corrected chi connectivity index (χ1v) is 6.18. The number of hydrogen-bond donors (Lipinski definition) is 1. The molecule has 0 atom stereocenters. The zero-order valence-electron chi connectivity index (χ0n) is 10.3. The van der Waals surface area contributed by atoms with Crippen molar-refractivity contribution in [2.45, 2.75) is 20.0 Å². The molecule has 5 heteroatoms. The zero-order valence-corrected chi connectivity index (χ0v) is 11.0. The Morgan fingerprint density at radius 3 is 2.94 bits per heavy atom. The maximum Gasteiger partial charge on any atom is 0.142 e. The van der Waals surface area contributed by atoms with Crippen molar-refractivity contribution >= 4 is 11.6 Å². The van der Waals surface area contributed by atoms with Gasteiger partial charge >= 0.3 is 0 Å². The second-order valence-electron chi connectivity index (χ2n) is 3.95. The van der Waals surface area contributed by atoms with E-state index in [2.05, 4.69) is 4.98 Å². The average molecular weight is 266 g/mol. The SMILES string of the molecule is Cc1nccn1CCOc1c(Cl)cccc1CN. The van der Waals surface area contributed by atoms with Crippen LogP contribution < -0.4 is 10.5 Å². The molecular weight excluding hydrogens is 250 g/mol. The number of nitrogens with zero attached hydrogens (tertiary/aromatic N) is 2. The van der Waals surface area contributed by atoms with E-state index >= 15 is 0 Å². The zero-order chi connectivity index (χ0) is 13.0. The molecule has 0 spiro atoms. The molecule has 0 saturated heterocycles. The summed E-state index contributed by atoms with van der Waals surface area (Å²) in [5.41, 5.74) is 6.58. The molecule has 0 fully saturated rings. The number of benzene rings is 1. The predicted molar refractivity (Wildman–Crippen MR) is 71.8 cm³/mol. The lowest BCUT2D eigenvalue weighted by Gasteiger charge is -2.12. The van der Waals surface area contributed by atoms with Crippen LogP contribution in [0.25, 0.3) is 0 Å². The molecule has 1 aromatic heterocycles. The van der Waals surface area contributed by atoms with Crippen LogP contribution in [0, 0.1) is 6.92 Å². The first kappa shape index (κ1) is 12.9. The van der Waals surface area contributed by atoms with Gasteiger partial charge in [0.05, 0.1) is 11.6 Å². The first-order valence-electron chi connectivity index (χ1n) is 5.80. The van der Waals surface area contributed by atoms with Crippen LogP contribution in [0.5, 0.6) is 5.75 Å². The van der Waals surface area contributed by atoms with Gasteiger partial charge in [0.25, 0.3) is 0 Å². The molecule has 0 aliphatic carbocycles. The Morgan fingerprint density at radius 1 is 1.44 bits per heavy atom. The van der Waals surface area contributed by atoms with Crippen molar-refractivity contribution in [2.24, 2.45) is 5.73 Å². The van der Waals surface area contributed by atoms with Crippen LogP contribution in [0.1, 0.15) is 11.4 Å². The smallest absolute Gasteiger partial charge is 0.142 e. The number of nitrogens with two attached hydrogens (primary N) is 1. The second kappa shape index (κ2) is 5.89. The summed E-state index contributed by atoms with van der Waals surface area (Å²) < 4.78 is 7.75. The van der Waals surface area contributed by atoms with Gasteiger partial charge < -0.3 is 15.0 Å². The summed E-state index contributed by atoms with van der Waals surface area (Å²) in [6, 6.07) is 5.60. The van der Waals surface area contributed by atoms with Crippen molar-refractivity contribution in [3.8, 4) is 5.75 Å². The summed E-state index contributed by atoms with van der Waals surface area (Å²) in [7, 11) is 0. The maximum absolute atomic E-state index is 6.10. The lowest BCUT2D eigenvalue weighted by molar-refractivity contribution is 0.294. The Balaban J connectivity index is 2.00. The molecule has 0 unspecified atom stereocenters. The molecule has 1 aromatic carbocycles. The number of halogens is 1. The van der Waals surface area contributed by atoms with Gasteiger partial charge in [-0.05, 0) is 13.0 Å². The van der Waals surface area contributed by atoms with E-state index in [1.165, 1.54) is 0 Å². The Bertz CT molecular complexity index is 525. The van der Waals surface area contributed by atoms with E-state index in [0.717, 1.165) is 17.9 Å². The highest BCUT2D eigenvalue weighted by atomic mass is 35.5. The third-order valence-corrected chi connectivity index (χ3v) is 3.07. The second-order valence-corrected chi connectivity index (χ2v) is 4.36. The van der Waals surface area contributed by atoms with Gasteiger partial charge in [-0.1, -0.05) is 23.7 Å². The minimum atomic E-state index is 0.417. The summed E-state index contributed by atoms with van der Waals surface area (Å²) in [4.78, 5) is 4.15. The average Bonchev–Trinajstić information content (AvgIpc) is 2.77. The van der Waals surface area contributed by atoms with Gasteiger partial charge in [0, 0.05) is 24.5 Å². The van der Waals surface area contributed by atoms with E-state index in [1.807, 2.05) is 29.8 Å². The molecule has 18 heavy (non-hydrogen) atoms. The Morgan fingerprint density at radius 2 is 2.28 bits per heavy atom. The molecule has 1 heterocycles. The molecule has 0 bridgehead atoms. The quantitative estimate of drug-likeness (QED) is 0.903. The van der Waals surface area contributed by atoms with Crippen molar-refractivity contribution in [3.05, 3.63) is 47.0 Å². The van der Waals surface area contributed by atoms with Crippen LogP contribution in [0.4, 0.5) is 0 Å². The summed E-state index contributed by atoms with van der Waals surface area (Å²) in [6.07, 6.45) is 3.70. The van der Waals surface area contributed by atoms with Gasteiger partial charge in [0.1, 0.15) is 18.2 Å². The lowest BCUT2D eigenvalue weighted by Crippen LogP contribution is -2.10. The van der Waals surface area contributed by atoms with Gasteiger partial charge in [0.2, 0.25) is 0 Å². The van der Waals surface area contributed by atoms with Crippen LogP contribution in [0.3, 0.4) is 0 Å². The van der Waals surface area contributed by atoms with Gasteiger partial charge in [-0.3, -0.25) is 0 Å². The van der Waals surface area contributed by atoms with Gasteiger partial charge in [-0.25, -0.2) is 4.98 Å². The summed E-state index contributed by atoms with van der Waals surface area (Å²) in [5, 5.41) is 0.598. The third kappa shape index (κ3) is 2.83.